The highest BCUT2D eigenvalue weighted by atomic mass is 16.1. The van der Waals surface area contributed by atoms with Crippen molar-refractivity contribution in [2.75, 3.05) is 0 Å². The third-order valence-electron chi connectivity index (χ3n) is 3.42. The van der Waals surface area contributed by atoms with Crippen molar-refractivity contribution in [3.63, 3.8) is 0 Å². The predicted octanol–water partition coefficient (Wildman–Crippen LogP) is 2.88. The molecule has 1 aromatic carbocycles. The van der Waals surface area contributed by atoms with Crippen LogP contribution in [0.4, 0.5) is 0 Å². The second-order valence-electron chi connectivity index (χ2n) is 5.75. The Balaban J connectivity index is 2.05. The van der Waals surface area contributed by atoms with E-state index in [0.29, 0.717) is 6.42 Å². The van der Waals surface area contributed by atoms with Gasteiger partial charge < -0.3 is 5.73 Å². The van der Waals surface area contributed by atoms with Crippen LogP contribution in [0.25, 0.3) is 0 Å². The molecule has 0 aromatic heterocycles. The van der Waals surface area contributed by atoms with Crippen LogP contribution in [0.15, 0.2) is 18.2 Å². The van der Waals surface area contributed by atoms with Crippen LogP contribution in [0, 0.1) is 0 Å². The summed E-state index contributed by atoms with van der Waals surface area (Å²) in [7, 11) is 0. The molecule has 0 spiro atoms. The van der Waals surface area contributed by atoms with Crippen molar-refractivity contribution in [1.29, 1.82) is 0 Å². The molecule has 0 radical (unpaired) electrons. The minimum absolute atomic E-state index is 0.221. The number of carbonyl (C=O) groups is 1. The average molecular weight is 231 g/mol. The number of aryl methyl sites for hydroxylation is 2. The molecule has 2 nitrogen and oxygen atoms in total. The topological polar surface area (TPSA) is 43.1 Å². The maximum atomic E-state index is 12.0. The summed E-state index contributed by atoms with van der Waals surface area (Å²) in [5, 5.41) is 0. The quantitative estimate of drug-likeness (QED) is 0.810. The van der Waals surface area contributed by atoms with Crippen molar-refractivity contribution >= 4 is 5.78 Å². The van der Waals surface area contributed by atoms with Crippen LogP contribution in [-0.4, -0.2) is 11.3 Å². The van der Waals surface area contributed by atoms with Crippen molar-refractivity contribution in [2.24, 2.45) is 5.73 Å². The molecule has 17 heavy (non-hydrogen) atoms. The van der Waals surface area contributed by atoms with E-state index >= 15 is 0 Å². The zero-order chi connectivity index (χ0) is 12.5. The van der Waals surface area contributed by atoms with E-state index in [1.54, 1.807) is 0 Å². The Morgan fingerprint density at radius 2 is 2.00 bits per heavy atom. The summed E-state index contributed by atoms with van der Waals surface area (Å²) in [6, 6.07) is 6.16. The van der Waals surface area contributed by atoms with E-state index in [9.17, 15) is 4.79 Å². The maximum Gasteiger partial charge on any atom is 0.162 e. The standard InChI is InChI=1S/C15H21NO/c1-15(2,16)9-8-14(17)13-7-6-11-4-3-5-12(11)10-13/h6-7,10H,3-5,8-9,16H2,1-2H3. The first-order valence-corrected chi connectivity index (χ1v) is 6.40. The van der Waals surface area contributed by atoms with Crippen molar-refractivity contribution in [2.45, 2.75) is 51.5 Å². The lowest BCUT2D eigenvalue weighted by Crippen LogP contribution is -2.32. The molecule has 1 aliphatic rings. The van der Waals surface area contributed by atoms with Gasteiger partial charge in [-0.15, -0.1) is 0 Å². The smallest absolute Gasteiger partial charge is 0.162 e. The molecule has 1 aliphatic carbocycles. The van der Waals surface area contributed by atoms with Gasteiger partial charge in [0.2, 0.25) is 0 Å². The van der Waals surface area contributed by atoms with Gasteiger partial charge in [-0.25, -0.2) is 0 Å². The van der Waals surface area contributed by atoms with E-state index in [2.05, 4.69) is 12.1 Å². The van der Waals surface area contributed by atoms with E-state index < -0.39 is 0 Å². The first-order valence-electron chi connectivity index (χ1n) is 6.40. The molecule has 0 amide bonds. The van der Waals surface area contributed by atoms with Gasteiger partial charge in [0.25, 0.3) is 0 Å². The largest absolute Gasteiger partial charge is 0.326 e. The number of Topliss-reactive ketones (excluding diaryl/α,β-unsaturated/α-hetero) is 1. The predicted molar refractivity (Wildman–Crippen MR) is 70.3 cm³/mol. The summed E-state index contributed by atoms with van der Waals surface area (Å²) in [4.78, 5) is 12.0. The lowest BCUT2D eigenvalue weighted by molar-refractivity contribution is 0.0972. The van der Waals surface area contributed by atoms with E-state index in [1.165, 1.54) is 24.0 Å². The fourth-order valence-corrected chi connectivity index (χ4v) is 2.33. The molecule has 2 heteroatoms. The highest BCUT2D eigenvalue weighted by Crippen LogP contribution is 2.23. The summed E-state index contributed by atoms with van der Waals surface area (Å²) in [6.45, 7) is 3.92. The van der Waals surface area contributed by atoms with Crippen LogP contribution in [0.5, 0.6) is 0 Å². The summed E-state index contributed by atoms with van der Waals surface area (Å²) in [5.41, 5.74) is 9.28. The van der Waals surface area contributed by atoms with Crippen LogP contribution < -0.4 is 5.73 Å². The number of hydrogen-bond acceptors (Lipinski definition) is 2. The fourth-order valence-electron chi connectivity index (χ4n) is 2.33. The Kier molecular flexibility index (Phi) is 3.34. The molecule has 2 rings (SSSR count). The van der Waals surface area contributed by atoms with Gasteiger partial charge in [-0.1, -0.05) is 12.1 Å². The number of fused-ring (bicyclic) bond motifs is 1. The number of hydrogen-bond donors (Lipinski definition) is 1. The highest BCUT2D eigenvalue weighted by molar-refractivity contribution is 5.96. The van der Waals surface area contributed by atoms with Crippen molar-refractivity contribution < 1.29 is 4.79 Å². The van der Waals surface area contributed by atoms with E-state index in [-0.39, 0.29) is 11.3 Å². The second kappa shape index (κ2) is 4.61. The van der Waals surface area contributed by atoms with Gasteiger partial charge in [-0.05, 0) is 56.7 Å². The van der Waals surface area contributed by atoms with Crippen molar-refractivity contribution in [1.82, 2.24) is 0 Å². The summed E-state index contributed by atoms with van der Waals surface area (Å²) < 4.78 is 0. The zero-order valence-electron chi connectivity index (χ0n) is 10.8. The fraction of sp³-hybridized carbons (Fsp3) is 0.533. The molecule has 0 atom stereocenters. The lowest BCUT2D eigenvalue weighted by atomic mass is 9.95. The van der Waals surface area contributed by atoms with Crippen LogP contribution >= 0.6 is 0 Å². The minimum atomic E-state index is -0.258. The molecule has 0 bridgehead atoms. The monoisotopic (exact) mass is 231 g/mol. The number of ketones is 1. The first-order chi connectivity index (χ1) is 7.96. The number of nitrogens with two attached hydrogens (primary N) is 1. The number of benzene rings is 1. The lowest BCUT2D eigenvalue weighted by Gasteiger charge is -2.17. The summed E-state index contributed by atoms with van der Waals surface area (Å²) >= 11 is 0. The highest BCUT2D eigenvalue weighted by Gasteiger charge is 2.16. The molecule has 0 heterocycles. The minimum Gasteiger partial charge on any atom is -0.326 e. The van der Waals surface area contributed by atoms with Gasteiger partial charge in [-0.3, -0.25) is 4.79 Å². The number of carbonyl (C=O) groups excluding carboxylic acids is 1. The molecule has 1 aromatic rings. The number of rotatable bonds is 4. The molecular weight excluding hydrogens is 210 g/mol. The molecule has 0 saturated heterocycles. The summed E-state index contributed by atoms with van der Waals surface area (Å²) in [5.74, 6) is 0.221. The molecule has 0 aliphatic heterocycles. The Hall–Kier alpha value is -1.15. The van der Waals surface area contributed by atoms with Crippen LogP contribution in [0.2, 0.25) is 0 Å². The third kappa shape index (κ3) is 3.16. The molecule has 92 valence electrons. The van der Waals surface area contributed by atoms with Gasteiger partial charge in [0.1, 0.15) is 0 Å². The van der Waals surface area contributed by atoms with E-state index in [4.69, 9.17) is 5.73 Å². The van der Waals surface area contributed by atoms with E-state index in [0.717, 1.165) is 18.4 Å². The Morgan fingerprint density at radius 1 is 1.29 bits per heavy atom. The van der Waals surface area contributed by atoms with Crippen molar-refractivity contribution in [3.8, 4) is 0 Å². The Labute approximate surface area is 103 Å². The Morgan fingerprint density at radius 3 is 2.71 bits per heavy atom. The molecule has 2 N–H and O–H groups in total. The Bertz CT molecular complexity index is 429. The normalized spacial score (nSPS) is 14.8. The van der Waals surface area contributed by atoms with E-state index in [1.807, 2.05) is 19.9 Å². The summed E-state index contributed by atoms with van der Waals surface area (Å²) in [6.07, 6.45) is 4.80. The van der Waals surface area contributed by atoms with Crippen LogP contribution in [-0.2, 0) is 12.8 Å². The SMILES string of the molecule is CC(C)(N)CCC(=O)c1ccc2c(c1)CCC2. The molecule has 0 fully saturated rings. The van der Waals surface area contributed by atoms with Crippen LogP contribution in [0.1, 0.15) is 54.6 Å². The zero-order valence-corrected chi connectivity index (χ0v) is 10.8. The van der Waals surface area contributed by atoms with Gasteiger partial charge in [-0.2, -0.15) is 0 Å². The first kappa shape index (κ1) is 12.3. The molecule has 0 saturated carbocycles. The molecule has 0 unspecified atom stereocenters. The van der Waals surface area contributed by atoms with Crippen LogP contribution in [0.3, 0.4) is 0 Å². The molecular formula is C15H21NO. The third-order valence-corrected chi connectivity index (χ3v) is 3.42. The second-order valence-corrected chi connectivity index (χ2v) is 5.75. The maximum absolute atomic E-state index is 12.0. The van der Waals surface area contributed by atoms with Gasteiger partial charge in [0.05, 0.1) is 0 Å². The van der Waals surface area contributed by atoms with Gasteiger partial charge in [0, 0.05) is 17.5 Å². The van der Waals surface area contributed by atoms with Gasteiger partial charge >= 0.3 is 0 Å². The van der Waals surface area contributed by atoms with Gasteiger partial charge in [0.15, 0.2) is 5.78 Å². The van der Waals surface area contributed by atoms with Crippen molar-refractivity contribution in [3.05, 3.63) is 34.9 Å². The average Bonchev–Trinajstić information content (AvgIpc) is 2.71.